The van der Waals surface area contributed by atoms with Crippen molar-refractivity contribution < 1.29 is 4.79 Å². The van der Waals surface area contributed by atoms with Crippen molar-refractivity contribution in [2.45, 2.75) is 19.8 Å². The third-order valence-electron chi connectivity index (χ3n) is 5.01. The van der Waals surface area contributed by atoms with E-state index in [1.165, 1.54) is 5.69 Å². The van der Waals surface area contributed by atoms with Crippen molar-refractivity contribution in [2.75, 3.05) is 37.6 Å². The van der Waals surface area contributed by atoms with Gasteiger partial charge in [0.05, 0.1) is 5.41 Å². The second kappa shape index (κ2) is 5.68. The molecule has 1 aromatic carbocycles. The molecule has 4 nitrogen and oxygen atoms in total. The van der Waals surface area contributed by atoms with Crippen LogP contribution in [0, 0.1) is 11.3 Å². The molecule has 2 fully saturated rings. The Kier molecular flexibility index (Phi) is 3.89. The molecule has 0 unspecified atom stereocenters. The molecular formula is C17H25N3O. The molecule has 1 amide bonds. The maximum Gasteiger partial charge on any atom is 0.230 e. The average molecular weight is 287 g/mol. The molecular weight excluding hydrogens is 262 g/mol. The molecule has 1 aliphatic carbocycles. The summed E-state index contributed by atoms with van der Waals surface area (Å²) < 4.78 is 0. The minimum absolute atomic E-state index is 0.256. The number of nitrogens with zero attached hydrogens (tertiary/aromatic N) is 2. The number of hydrogen-bond donors (Lipinski definition) is 1. The largest absolute Gasteiger partial charge is 0.368 e. The topological polar surface area (TPSA) is 49.6 Å². The van der Waals surface area contributed by atoms with Crippen molar-refractivity contribution in [1.82, 2.24) is 4.90 Å². The van der Waals surface area contributed by atoms with Gasteiger partial charge in [0.15, 0.2) is 0 Å². The van der Waals surface area contributed by atoms with Gasteiger partial charge < -0.3 is 15.5 Å². The summed E-state index contributed by atoms with van der Waals surface area (Å²) in [6.07, 6.45) is 1.92. The summed E-state index contributed by atoms with van der Waals surface area (Å²) in [5.74, 6) is 0.930. The Bertz CT molecular complexity index is 488. The standard InChI is InChI=1S/C17H25N3O/c1-14-11-17(12-14,13-18)16(21)20-9-7-19(8-10-20)15-5-3-2-4-6-15/h2-6,14H,7-13,18H2,1H3. The van der Waals surface area contributed by atoms with Crippen molar-refractivity contribution in [1.29, 1.82) is 0 Å². The SMILES string of the molecule is CC1CC(CN)(C(=O)N2CCN(c3ccccc3)CC2)C1. The van der Waals surface area contributed by atoms with Gasteiger partial charge in [0, 0.05) is 38.4 Å². The Hall–Kier alpha value is -1.55. The zero-order valence-electron chi connectivity index (χ0n) is 12.8. The lowest BCUT2D eigenvalue weighted by molar-refractivity contribution is -0.150. The van der Waals surface area contributed by atoms with E-state index in [-0.39, 0.29) is 11.3 Å². The Morgan fingerprint density at radius 3 is 2.33 bits per heavy atom. The second-order valence-corrected chi connectivity index (χ2v) is 6.61. The quantitative estimate of drug-likeness (QED) is 0.921. The molecule has 1 heterocycles. The maximum atomic E-state index is 12.7. The first kappa shape index (κ1) is 14.4. The van der Waals surface area contributed by atoms with E-state index in [1.807, 2.05) is 11.0 Å². The zero-order chi connectivity index (χ0) is 14.9. The van der Waals surface area contributed by atoms with E-state index in [4.69, 9.17) is 5.73 Å². The Morgan fingerprint density at radius 2 is 1.81 bits per heavy atom. The molecule has 21 heavy (non-hydrogen) atoms. The van der Waals surface area contributed by atoms with Crippen molar-refractivity contribution in [3.05, 3.63) is 30.3 Å². The van der Waals surface area contributed by atoms with E-state index in [9.17, 15) is 4.79 Å². The van der Waals surface area contributed by atoms with Gasteiger partial charge in [-0.1, -0.05) is 25.1 Å². The molecule has 0 bridgehead atoms. The number of amides is 1. The highest BCUT2D eigenvalue weighted by atomic mass is 16.2. The molecule has 0 atom stereocenters. The van der Waals surface area contributed by atoms with Gasteiger partial charge in [-0.25, -0.2) is 0 Å². The van der Waals surface area contributed by atoms with Gasteiger partial charge in [-0.05, 0) is 30.9 Å². The zero-order valence-corrected chi connectivity index (χ0v) is 12.8. The van der Waals surface area contributed by atoms with Crippen LogP contribution in [0.3, 0.4) is 0 Å². The van der Waals surface area contributed by atoms with Crippen molar-refractivity contribution in [2.24, 2.45) is 17.1 Å². The number of carbonyl (C=O) groups is 1. The van der Waals surface area contributed by atoms with Gasteiger partial charge in [-0.3, -0.25) is 4.79 Å². The maximum absolute atomic E-state index is 12.7. The summed E-state index contributed by atoms with van der Waals surface area (Å²) in [6, 6.07) is 10.4. The van der Waals surface area contributed by atoms with Gasteiger partial charge in [-0.2, -0.15) is 0 Å². The first-order valence-corrected chi connectivity index (χ1v) is 7.94. The van der Waals surface area contributed by atoms with Gasteiger partial charge in [0.1, 0.15) is 0 Å². The molecule has 1 saturated carbocycles. The fraction of sp³-hybridized carbons (Fsp3) is 0.588. The van der Waals surface area contributed by atoms with Crippen LogP contribution in [0.5, 0.6) is 0 Å². The molecule has 0 aromatic heterocycles. The monoisotopic (exact) mass is 287 g/mol. The van der Waals surface area contributed by atoms with Crippen LogP contribution in [0.25, 0.3) is 0 Å². The van der Waals surface area contributed by atoms with Gasteiger partial charge >= 0.3 is 0 Å². The molecule has 0 spiro atoms. The first-order valence-electron chi connectivity index (χ1n) is 7.94. The summed E-state index contributed by atoms with van der Waals surface area (Å²) >= 11 is 0. The van der Waals surface area contributed by atoms with Crippen molar-refractivity contribution in [3.63, 3.8) is 0 Å². The lowest BCUT2D eigenvalue weighted by Gasteiger charge is -2.48. The van der Waals surface area contributed by atoms with Crippen LogP contribution in [0.4, 0.5) is 5.69 Å². The minimum atomic E-state index is -0.256. The van der Waals surface area contributed by atoms with E-state index in [0.29, 0.717) is 12.5 Å². The summed E-state index contributed by atoms with van der Waals surface area (Å²) in [6.45, 7) is 6.13. The van der Waals surface area contributed by atoms with Gasteiger partial charge in [0.2, 0.25) is 5.91 Å². The van der Waals surface area contributed by atoms with E-state index in [2.05, 4.69) is 36.1 Å². The molecule has 3 rings (SSSR count). The lowest BCUT2D eigenvalue weighted by atomic mass is 9.62. The van der Waals surface area contributed by atoms with Crippen molar-refractivity contribution in [3.8, 4) is 0 Å². The molecule has 4 heteroatoms. The highest BCUT2D eigenvalue weighted by Crippen LogP contribution is 2.46. The van der Waals surface area contributed by atoms with Crippen LogP contribution in [0.1, 0.15) is 19.8 Å². The Balaban J connectivity index is 1.60. The normalized spacial score (nSPS) is 29.1. The van der Waals surface area contributed by atoms with E-state index >= 15 is 0 Å². The highest BCUT2D eigenvalue weighted by molar-refractivity contribution is 5.84. The summed E-state index contributed by atoms with van der Waals surface area (Å²) in [7, 11) is 0. The molecule has 1 aromatic rings. The Labute approximate surface area is 126 Å². The third-order valence-corrected chi connectivity index (χ3v) is 5.01. The predicted octanol–water partition coefficient (Wildman–Crippen LogP) is 1.71. The lowest BCUT2D eigenvalue weighted by Crippen LogP contribution is -2.58. The number of rotatable bonds is 3. The number of nitrogens with two attached hydrogens (primary N) is 1. The predicted molar refractivity (Wildman–Crippen MR) is 85.1 cm³/mol. The fourth-order valence-corrected chi connectivity index (χ4v) is 3.84. The Morgan fingerprint density at radius 1 is 1.19 bits per heavy atom. The molecule has 2 aliphatic rings. The van der Waals surface area contributed by atoms with Crippen LogP contribution in [-0.2, 0) is 4.79 Å². The average Bonchev–Trinajstić information content (AvgIpc) is 2.52. The van der Waals surface area contributed by atoms with Crippen LogP contribution >= 0.6 is 0 Å². The smallest absolute Gasteiger partial charge is 0.230 e. The molecule has 1 saturated heterocycles. The number of hydrogen-bond acceptors (Lipinski definition) is 3. The molecule has 2 N–H and O–H groups in total. The minimum Gasteiger partial charge on any atom is -0.368 e. The summed E-state index contributed by atoms with van der Waals surface area (Å²) in [5, 5.41) is 0. The fourth-order valence-electron chi connectivity index (χ4n) is 3.84. The van der Waals surface area contributed by atoms with E-state index < -0.39 is 0 Å². The highest BCUT2D eigenvalue weighted by Gasteiger charge is 2.49. The van der Waals surface area contributed by atoms with Crippen molar-refractivity contribution >= 4 is 11.6 Å². The number of benzene rings is 1. The van der Waals surface area contributed by atoms with Gasteiger partial charge in [0.25, 0.3) is 0 Å². The molecule has 1 aliphatic heterocycles. The molecule has 0 radical (unpaired) electrons. The first-order chi connectivity index (χ1) is 10.1. The van der Waals surface area contributed by atoms with Crippen LogP contribution in [-0.4, -0.2) is 43.5 Å². The van der Waals surface area contributed by atoms with Gasteiger partial charge in [-0.15, -0.1) is 0 Å². The second-order valence-electron chi connectivity index (χ2n) is 6.61. The number of carbonyl (C=O) groups excluding carboxylic acids is 1. The van der Waals surface area contributed by atoms with Crippen LogP contribution in [0.2, 0.25) is 0 Å². The molecule has 114 valence electrons. The van der Waals surface area contributed by atoms with E-state index in [1.54, 1.807) is 0 Å². The van der Waals surface area contributed by atoms with Crippen LogP contribution < -0.4 is 10.6 Å². The third kappa shape index (κ3) is 2.64. The van der Waals surface area contributed by atoms with Crippen LogP contribution in [0.15, 0.2) is 30.3 Å². The number of piperazine rings is 1. The number of para-hydroxylation sites is 1. The summed E-state index contributed by atoms with van der Waals surface area (Å²) in [5.41, 5.74) is 6.89. The number of anilines is 1. The van der Waals surface area contributed by atoms with E-state index in [0.717, 1.165) is 39.0 Å². The summed E-state index contributed by atoms with van der Waals surface area (Å²) in [4.78, 5) is 17.1.